The Bertz CT molecular complexity index is 741. The van der Waals surface area contributed by atoms with E-state index in [1.165, 1.54) is 0 Å². The number of benzene rings is 3. The molecule has 3 aromatic carbocycles. The molecule has 0 aromatic heterocycles. The van der Waals surface area contributed by atoms with Crippen LogP contribution in [0.3, 0.4) is 0 Å². The Labute approximate surface area is 159 Å². The molecule has 0 saturated carbocycles. The number of aryl methyl sites for hydroxylation is 1. The zero-order valence-electron chi connectivity index (χ0n) is 14.1. The number of hydrogen-bond donors (Lipinski definition) is 0. The van der Waals surface area contributed by atoms with Gasteiger partial charge in [-0.1, -0.05) is 60.7 Å². The van der Waals surface area contributed by atoms with Crippen molar-refractivity contribution >= 4 is 34.9 Å². The van der Waals surface area contributed by atoms with Gasteiger partial charge in [-0.05, 0) is 41.8 Å². The zero-order chi connectivity index (χ0) is 17.6. The molecule has 0 saturated heterocycles. The Balaban J connectivity index is 1.77. The highest BCUT2D eigenvalue weighted by Crippen LogP contribution is 2.29. The lowest BCUT2D eigenvalue weighted by atomic mass is 10.1. The van der Waals surface area contributed by atoms with Crippen molar-refractivity contribution in [3.8, 4) is 0 Å². The van der Waals surface area contributed by atoms with Crippen LogP contribution in [0, 0.1) is 6.92 Å². The average Bonchev–Trinajstić information content (AvgIpc) is 2.63. The van der Waals surface area contributed by atoms with Crippen molar-refractivity contribution < 1.29 is 0 Å². The van der Waals surface area contributed by atoms with Gasteiger partial charge < -0.3 is 0 Å². The predicted molar refractivity (Wildman–Crippen MR) is 108 cm³/mol. The number of nitrogens with zero attached hydrogens (tertiary/aromatic N) is 2. The van der Waals surface area contributed by atoms with Crippen LogP contribution in [-0.4, -0.2) is 0 Å². The normalized spacial score (nSPS) is 10.5. The molecule has 0 unspecified atom stereocenters. The van der Waals surface area contributed by atoms with E-state index in [2.05, 4.69) is 36.4 Å². The number of hydrogen-bond acceptors (Lipinski definition) is 2. The fraction of sp³-hybridized carbons (Fsp3) is 0.143. The summed E-state index contributed by atoms with van der Waals surface area (Å²) in [6.45, 7) is 3.31. The van der Waals surface area contributed by atoms with E-state index in [1.807, 2.05) is 49.4 Å². The summed E-state index contributed by atoms with van der Waals surface area (Å²) in [5.41, 5.74) is 5.29. The number of rotatable bonds is 6. The highest BCUT2D eigenvalue weighted by Gasteiger charge is 2.11. The first-order chi connectivity index (χ1) is 12.1. The van der Waals surface area contributed by atoms with Gasteiger partial charge in [0, 0.05) is 23.6 Å². The van der Waals surface area contributed by atoms with E-state index < -0.39 is 0 Å². The molecule has 0 amide bonds. The Morgan fingerprint density at radius 2 is 1.04 bits per heavy atom. The minimum atomic E-state index is 0.631. The molecular formula is C21H20Cl2N2. The third kappa shape index (κ3) is 4.91. The Kier molecular flexibility index (Phi) is 5.85. The van der Waals surface area contributed by atoms with Crippen molar-refractivity contribution in [2.75, 3.05) is 8.84 Å². The zero-order valence-corrected chi connectivity index (χ0v) is 15.6. The van der Waals surface area contributed by atoms with E-state index in [9.17, 15) is 0 Å². The molecule has 0 aliphatic rings. The summed E-state index contributed by atoms with van der Waals surface area (Å²) < 4.78 is 3.44. The predicted octanol–water partition coefficient (Wildman–Crippen LogP) is 6.32. The maximum Gasteiger partial charge on any atom is 0.0599 e. The minimum Gasteiger partial charge on any atom is -0.281 e. The number of anilines is 2. The molecule has 4 heteroatoms. The first kappa shape index (κ1) is 17.7. The fourth-order valence-corrected chi connectivity index (χ4v) is 3.16. The molecule has 128 valence electrons. The standard InChI is InChI=1S/C21H20Cl2N2/c1-17-12-20(24(22)15-18-8-4-2-5-9-18)14-21(13-17)25(23)16-19-10-6-3-7-11-19/h2-14H,15-16H2,1H3. The quantitative estimate of drug-likeness (QED) is 0.468. The van der Waals surface area contributed by atoms with Gasteiger partial charge in [-0.3, -0.25) is 8.84 Å². The van der Waals surface area contributed by atoms with E-state index in [1.54, 1.807) is 8.84 Å². The van der Waals surface area contributed by atoms with Crippen molar-refractivity contribution in [2.45, 2.75) is 20.0 Å². The molecule has 25 heavy (non-hydrogen) atoms. The van der Waals surface area contributed by atoms with Crippen LogP contribution in [0.1, 0.15) is 16.7 Å². The summed E-state index contributed by atoms with van der Waals surface area (Å²) in [7, 11) is 0. The highest BCUT2D eigenvalue weighted by atomic mass is 35.5. The van der Waals surface area contributed by atoms with Gasteiger partial charge in [-0.15, -0.1) is 0 Å². The Morgan fingerprint density at radius 3 is 1.44 bits per heavy atom. The number of halogens is 2. The first-order valence-electron chi connectivity index (χ1n) is 8.18. The maximum absolute atomic E-state index is 6.52. The molecule has 0 heterocycles. The third-order valence-electron chi connectivity index (χ3n) is 3.94. The van der Waals surface area contributed by atoms with Gasteiger partial charge in [0.2, 0.25) is 0 Å². The molecule has 0 spiro atoms. The maximum atomic E-state index is 6.52. The van der Waals surface area contributed by atoms with Crippen molar-refractivity contribution in [1.82, 2.24) is 0 Å². The lowest BCUT2D eigenvalue weighted by Crippen LogP contribution is -2.13. The molecule has 0 aliphatic heterocycles. The van der Waals surface area contributed by atoms with E-state index >= 15 is 0 Å². The smallest absolute Gasteiger partial charge is 0.0599 e. The lowest BCUT2D eigenvalue weighted by molar-refractivity contribution is 1.02. The van der Waals surface area contributed by atoms with E-state index in [0.29, 0.717) is 13.1 Å². The van der Waals surface area contributed by atoms with E-state index in [0.717, 1.165) is 28.1 Å². The second kappa shape index (κ2) is 8.28. The van der Waals surface area contributed by atoms with Gasteiger partial charge in [0.05, 0.1) is 24.5 Å². The van der Waals surface area contributed by atoms with Crippen molar-refractivity contribution in [3.63, 3.8) is 0 Å². The molecule has 3 aromatic rings. The molecule has 0 atom stereocenters. The van der Waals surface area contributed by atoms with Gasteiger partial charge in [-0.25, -0.2) is 0 Å². The van der Waals surface area contributed by atoms with Crippen molar-refractivity contribution in [1.29, 1.82) is 0 Å². The summed E-state index contributed by atoms with van der Waals surface area (Å²) in [5.74, 6) is 0. The van der Waals surface area contributed by atoms with Crippen LogP contribution in [0.15, 0.2) is 78.9 Å². The third-order valence-corrected chi connectivity index (χ3v) is 4.57. The van der Waals surface area contributed by atoms with Gasteiger partial charge >= 0.3 is 0 Å². The second-order valence-corrected chi connectivity index (χ2v) is 6.85. The van der Waals surface area contributed by atoms with Gasteiger partial charge in [0.1, 0.15) is 0 Å². The SMILES string of the molecule is Cc1cc(N(Cl)Cc2ccccc2)cc(N(Cl)Cc2ccccc2)c1. The first-order valence-corrected chi connectivity index (χ1v) is 8.85. The largest absolute Gasteiger partial charge is 0.281 e. The molecule has 0 N–H and O–H groups in total. The van der Waals surface area contributed by atoms with Gasteiger partial charge in [0.25, 0.3) is 0 Å². The summed E-state index contributed by atoms with van der Waals surface area (Å²) in [6.07, 6.45) is 0. The summed E-state index contributed by atoms with van der Waals surface area (Å²) in [6, 6.07) is 26.5. The van der Waals surface area contributed by atoms with Crippen LogP contribution >= 0.6 is 23.6 Å². The van der Waals surface area contributed by atoms with E-state index in [-0.39, 0.29) is 0 Å². The summed E-state index contributed by atoms with van der Waals surface area (Å²) >= 11 is 13.0. The van der Waals surface area contributed by atoms with Crippen LogP contribution in [-0.2, 0) is 13.1 Å². The minimum absolute atomic E-state index is 0.631. The van der Waals surface area contributed by atoms with Gasteiger partial charge in [-0.2, -0.15) is 0 Å². The molecule has 0 radical (unpaired) electrons. The monoisotopic (exact) mass is 370 g/mol. The van der Waals surface area contributed by atoms with Crippen LogP contribution < -0.4 is 8.84 Å². The molecule has 0 fully saturated rings. The van der Waals surface area contributed by atoms with Gasteiger partial charge in [0.15, 0.2) is 0 Å². The van der Waals surface area contributed by atoms with Crippen LogP contribution in [0.4, 0.5) is 11.4 Å². The van der Waals surface area contributed by atoms with E-state index in [4.69, 9.17) is 23.6 Å². The molecule has 0 bridgehead atoms. The van der Waals surface area contributed by atoms with Crippen molar-refractivity contribution in [3.05, 3.63) is 95.6 Å². The summed E-state index contributed by atoms with van der Waals surface area (Å²) in [4.78, 5) is 0. The lowest BCUT2D eigenvalue weighted by Gasteiger charge is -2.21. The highest BCUT2D eigenvalue weighted by molar-refractivity contribution is 6.27. The van der Waals surface area contributed by atoms with Crippen LogP contribution in [0.25, 0.3) is 0 Å². The van der Waals surface area contributed by atoms with Crippen LogP contribution in [0.2, 0.25) is 0 Å². The topological polar surface area (TPSA) is 6.48 Å². The van der Waals surface area contributed by atoms with Crippen molar-refractivity contribution in [2.24, 2.45) is 0 Å². The van der Waals surface area contributed by atoms with Crippen LogP contribution in [0.5, 0.6) is 0 Å². The molecular weight excluding hydrogens is 351 g/mol. The Morgan fingerprint density at radius 1 is 0.640 bits per heavy atom. The molecule has 0 aliphatic carbocycles. The second-order valence-electron chi connectivity index (χ2n) is 6.04. The summed E-state index contributed by atoms with van der Waals surface area (Å²) in [5, 5.41) is 0. The molecule has 3 rings (SSSR count). The average molecular weight is 371 g/mol. The fourth-order valence-electron chi connectivity index (χ4n) is 2.69. The molecule has 2 nitrogen and oxygen atoms in total. The Hall–Kier alpha value is -2.16.